The third kappa shape index (κ3) is 1.93. The van der Waals surface area contributed by atoms with E-state index in [1.165, 1.54) is 4.90 Å². The number of anilines is 1. The van der Waals surface area contributed by atoms with Crippen molar-refractivity contribution >= 4 is 33.3 Å². The SMILES string of the molecule is O=C1C(=O)N(Cc2cncn2C2CC2)c2c(Br)cccc21. The Labute approximate surface area is 129 Å². The van der Waals surface area contributed by atoms with Crippen LogP contribution in [0.15, 0.2) is 35.2 Å². The second-order valence-electron chi connectivity index (χ2n) is 5.38. The highest BCUT2D eigenvalue weighted by atomic mass is 79.9. The van der Waals surface area contributed by atoms with Gasteiger partial charge in [-0.25, -0.2) is 4.98 Å². The maximum atomic E-state index is 12.3. The molecule has 106 valence electrons. The standard InChI is InChI=1S/C15H12BrN3O2/c16-12-3-1-2-11-13(12)18(15(21)14(11)20)7-10-6-17-8-19(10)9-4-5-9/h1-3,6,8-9H,4-5,7H2. The Hall–Kier alpha value is -1.95. The summed E-state index contributed by atoms with van der Waals surface area (Å²) in [6.07, 6.45) is 5.87. The Kier molecular flexibility index (Phi) is 2.75. The molecule has 0 radical (unpaired) electrons. The van der Waals surface area contributed by atoms with Crippen LogP contribution >= 0.6 is 15.9 Å². The quantitative estimate of drug-likeness (QED) is 0.803. The summed E-state index contributed by atoms with van der Waals surface area (Å²) in [5.41, 5.74) is 2.09. The maximum Gasteiger partial charge on any atom is 0.299 e. The minimum Gasteiger partial charge on any atom is -0.330 e. The summed E-state index contributed by atoms with van der Waals surface area (Å²) in [6.45, 7) is 0.372. The van der Waals surface area contributed by atoms with Crippen LogP contribution in [0.4, 0.5) is 5.69 Å². The first-order valence-electron chi connectivity index (χ1n) is 6.82. The number of imidazole rings is 1. The second-order valence-corrected chi connectivity index (χ2v) is 6.23. The number of amides is 1. The second kappa shape index (κ2) is 4.53. The highest BCUT2D eigenvalue weighted by Crippen LogP contribution is 2.39. The molecule has 1 amide bonds. The van der Waals surface area contributed by atoms with Gasteiger partial charge in [-0.2, -0.15) is 0 Å². The first kappa shape index (κ1) is 12.8. The van der Waals surface area contributed by atoms with Crippen LogP contribution in [0.1, 0.15) is 34.9 Å². The number of ketones is 1. The molecule has 2 aliphatic rings. The Morgan fingerprint density at radius 2 is 2.10 bits per heavy atom. The zero-order valence-corrected chi connectivity index (χ0v) is 12.7. The lowest BCUT2D eigenvalue weighted by Gasteiger charge is -2.18. The van der Waals surface area contributed by atoms with Crippen molar-refractivity contribution in [1.82, 2.24) is 9.55 Å². The number of carbonyl (C=O) groups is 2. The monoisotopic (exact) mass is 345 g/mol. The first-order valence-corrected chi connectivity index (χ1v) is 7.61. The molecule has 1 aliphatic heterocycles. The van der Waals surface area contributed by atoms with Gasteiger partial charge in [0.2, 0.25) is 0 Å². The van der Waals surface area contributed by atoms with Gasteiger partial charge in [0.05, 0.1) is 29.8 Å². The average Bonchev–Trinajstić information content (AvgIpc) is 3.17. The molecule has 21 heavy (non-hydrogen) atoms. The molecule has 5 nitrogen and oxygen atoms in total. The number of fused-ring (bicyclic) bond motifs is 1. The van der Waals surface area contributed by atoms with E-state index in [0.29, 0.717) is 23.8 Å². The van der Waals surface area contributed by atoms with Crippen LogP contribution in [-0.4, -0.2) is 21.2 Å². The van der Waals surface area contributed by atoms with Crippen LogP contribution in [0.25, 0.3) is 0 Å². The molecule has 1 aromatic heterocycles. The number of carbonyl (C=O) groups excluding carboxylic acids is 2. The van der Waals surface area contributed by atoms with Crippen molar-refractivity contribution < 1.29 is 9.59 Å². The van der Waals surface area contributed by atoms with E-state index in [0.717, 1.165) is 23.0 Å². The molecule has 0 unspecified atom stereocenters. The van der Waals surface area contributed by atoms with Crippen LogP contribution in [-0.2, 0) is 11.3 Å². The lowest BCUT2D eigenvalue weighted by molar-refractivity contribution is -0.114. The van der Waals surface area contributed by atoms with E-state index in [1.54, 1.807) is 24.7 Å². The smallest absolute Gasteiger partial charge is 0.299 e. The lowest BCUT2D eigenvalue weighted by Crippen LogP contribution is -2.30. The number of benzene rings is 1. The summed E-state index contributed by atoms with van der Waals surface area (Å²) in [4.78, 5) is 30.1. The highest BCUT2D eigenvalue weighted by molar-refractivity contribution is 9.10. The number of halogens is 1. The van der Waals surface area contributed by atoms with Crippen molar-refractivity contribution in [2.75, 3.05) is 4.90 Å². The predicted octanol–water partition coefficient (Wildman–Crippen LogP) is 2.71. The van der Waals surface area contributed by atoms with Gasteiger partial charge in [0.25, 0.3) is 11.7 Å². The molecule has 1 aromatic carbocycles. The third-order valence-electron chi connectivity index (χ3n) is 3.95. The molecule has 1 fully saturated rings. The molecule has 2 heterocycles. The number of para-hydroxylation sites is 1. The van der Waals surface area contributed by atoms with Gasteiger partial charge in [-0.1, -0.05) is 6.07 Å². The van der Waals surface area contributed by atoms with Crippen LogP contribution in [0, 0.1) is 0 Å². The molecule has 0 spiro atoms. The Bertz CT molecular complexity index is 764. The summed E-state index contributed by atoms with van der Waals surface area (Å²) >= 11 is 3.44. The van der Waals surface area contributed by atoms with E-state index in [4.69, 9.17) is 0 Å². The maximum absolute atomic E-state index is 12.3. The van der Waals surface area contributed by atoms with Crippen molar-refractivity contribution in [3.8, 4) is 0 Å². The minimum atomic E-state index is -0.472. The molecule has 0 atom stereocenters. The van der Waals surface area contributed by atoms with Crippen LogP contribution in [0.5, 0.6) is 0 Å². The summed E-state index contributed by atoms with van der Waals surface area (Å²) in [6, 6.07) is 5.80. The van der Waals surface area contributed by atoms with E-state index in [-0.39, 0.29) is 0 Å². The van der Waals surface area contributed by atoms with Crippen molar-refractivity contribution in [2.24, 2.45) is 0 Å². The largest absolute Gasteiger partial charge is 0.330 e. The normalized spacial score (nSPS) is 17.5. The molecule has 4 rings (SSSR count). The average molecular weight is 346 g/mol. The van der Waals surface area contributed by atoms with Crippen molar-refractivity contribution in [3.05, 3.63) is 46.5 Å². The fourth-order valence-corrected chi connectivity index (χ4v) is 3.34. The molecule has 0 saturated heterocycles. The Balaban J connectivity index is 1.74. The number of nitrogens with zero attached hydrogens (tertiary/aromatic N) is 3. The number of aromatic nitrogens is 2. The van der Waals surface area contributed by atoms with Crippen LogP contribution in [0.3, 0.4) is 0 Å². The number of hydrogen-bond donors (Lipinski definition) is 0. The summed E-state index contributed by atoms with van der Waals surface area (Å²) in [5, 5.41) is 0. The summed E-state index contributed by atoms with van der Waals surface area (Å²) in [7, 11) is 0. The third-order valence-corrected chi connectivity index (χ3v) is 4.59. The van der Waals surface area contributed by atoms with Gasteiger partial charge in [-0.15, -0.1) is 0 Å². The number of Topliss-reactive ketones (excluding diaryl/α,β-unsaturated/α-hetero) is 1. The molecule has 1 saturated carbocycles. The molecule has 1 aliphatic carbocycles. The molecule has 0 N–H and O–H groups in total. The molecular formula is C15H12BrN3O2. The van der Waals surface area contributed by atoms with Crippen LogP contribution in [0.2, 0.25) is 0 Å². The number of rotatable bonds is 3. The van der Waals surface area contributed by atoms with Gasteiger partial charge in [0, 0.05) is 16.7 Å². The van der Waals surface area contributed by atoms with E-state index < -0.39 is 11.7 Å². The van der Waals surface area contributed by atoms with E-state index in [9.17, 15) is 9.59 Å². The van der Waals surface area contributed by atoms with E-state index in [1.807, 2.05) is 6.07 Å². The van der Waals surface area contributed by atoms with Gasteiger partial charge in [-0.05, 0) is 40.9 Å². The summed E-state index contributed by atoms with van der Waals surface area (Å²) < 4.78 is 2.86. The van der Waals surface area contributed by atoms with Gasteiger partial charge in [0.15, 0.2) is 0 Å². The van der Waals surface area contributed by atoms with E-state index >= 15 is 0 Å². The molecule has 6 heteroatoms. The van der Waals surface area contributed by atoms with Crippen molar-refractivity contribution in [1.29, 1.82) is 0 Å². The van der Waals surface area contributed by atoms with Crippen molar-refractivity contribution in [3.63, 3.8) is 0 Å². The Morgan fingerprint density at radius 3 is 2.86 bits per heavy atom. The minimum absolute atomic E-state index is 0.372. The van der Waals surface area contributed by atoms with Gasteiger partial charge in [0.1, 0.15) is 0 Å². The van der Waals surface area contributed by atoms with Gasteiger partial charge >= 0.3 is 0 Å². The predicted molar refractivity (Wildman–Crippen MR) is 80.2 cm³/mol. The number of hydrogen-bond acceptors (Lipinski definition) is 3. The fraction of sp³-hybridized carbons (Fsp3) is 0.267. The zero-order chi connectivity index (χ0) is 14.6. The topological polar surface area (TPSA) is 55.2 Å². The van der Waals surface area contributed by atoms with E-state index in [2.05, 4.69) is 25.5 Å². The molecule has 2 aromatic rings. The van der Waals surface area contributed by atoms with Gasteiger partial charge < -0.3 is 4.57 Å². The lowest BCUT2D eigenvalue weighted by atomic mass is 10.1. The fourth-order valence-electron chi connectivity index (χ4n) is 2.76. The zero-order valence-electron chi connectivity index (χ0n) is 11.1. The molecular weight excluding hydrogens is 334 g/mol. The highest BCUT2D eigenvalue weighted by Gasteiger charge is 2.38. The van der Waals surface area contributed by atoms with Crippen LogP contribution < -0.4 is 4.90 Å². The van der Waals surface area contributed by atoms with Gasteiger partial charge in [-0.3, -0.25) is 14.5 Å². The molecule has 0 bridgehead atoms. The summed E-state index contributed by atoms with van der Waals surface area (Å²) in [5.74, 6) is -0.913. The Morgan fingerprint density at radius 1 is 1.29 bits per heavy atom. The van der Waals surface area contributed by atoms with Crippen molar-refractivity contribution in [2.45, 2.75) is 25.4 Å². The first-order chi connectivity index (χ1) is 10.2.